The molecular weight excluding hydrogens is 353 g/mol. The lowest BCUT2D eigenvalue weighted by Gasteiger charge is -2.18. The van der Waals surface area contributed by atoms with Crippen LogP contribution in [-0.4, -0.2) is 11.1 Å². The molecule has 0 aliphatic rings. The van der Waals surface area contributed by atoms with Crippen LogP contribution in [0.5, 0.6) is 0 Å². The predicted molar refractivity (Wildman–Crippen MR) is 112 cm³/mol. The Morgan fingerprint density at radius 1 is 0.893 bits per heavy atom. The van der Waals surface area contributed by atoms with Crippen LogP contribution in [0.3, 0.4) is 0 Å². The number of benzene rings is 3. The first-order valence-electron chi connectivity index (χ1n) is 9.33. The fourth-order valence-electron chi connectivity index (χ4n) is 3.35. The van der Waals surface area contributed by atoms with Gasteiger partial charge in [0, 0.05) is 5.69 Å². The molecule has 0 radical (unpaired) electrons. The van der Waals surface area contributed by atoms with Crippen molar-refractivity contribution in [2.45, 2.75) is 26.2 Å². The van der Waals surface area contributed by atoms with Crippen LogP contribution >= 0.6 is 0 Å². The van der Waals surface area contributed by atoms with Crippen LogP contribution < -0.4 is 5.73 Å². The molecule has 0 bridgehead atoms. The van der Waals surface area contributed by atoms with Gasteiger partial charge in [0.2, 0.25) is 0 Å². The van der Waals surface area contributed by atoms with Crippen LogP contribution in [0.25, 0.3) is 22.3 Å². The van der Waals surface area contributed by atoms with E-state index in [0.717, 1.165) is 27.8 Å². The lowest BCUT2D eigenvalue weighted by Crippen LogP contribution is -2.14. The highest BCUT2D eigenvalue weighted by Crippen LogP contribution is 2.34. The SMILES string of the molecule is CC(C)CC(C(=O)O)c1cc(-c2ccc(N)cc2)cc(-c2ccc(F)cc2)c1. The molecule has 3 nitrogen and oxygen atoms in total. The van der Waals surface area contributed by atoms with Crippen LogP contribution in [0.4, 0.5) is 10.1 Å². The molecule has 1 unspecified atom stereocenters. The predicted octanol–water partition coefficient (Wildman–Crippen LogP) is 5.96. The summed E-state index contributed by atoms with van der Waals surface area (Å²) in [4.78, 5) is 12.0. The zero-order chi connectivity index (χ0) is 20.3. The third-order valence-electron chi connectivity index (χ3n) is 4.78. The number of halogens is 1. The highest BCUT2D eigenvalue weighted by molar-refractivity contribution is 5.80. The summed E-state index contributed by atoms with van der Waals surface area (Å²) in [5.41, 5.74) is 10.8. The molecule has 3 aromatic rings. The number of carboxylic acids is 1. The minimum Gasteiger partial charge on any atom is -0.481 e. The van der Waals surface area contributed by atoms with Crippen molar-refractivity contribution in [2.75, 3.05) is 5.73 Å². The molecule has 3 N–H and O–H groups in total. The maximum Gasteiger partial charge on any atom is 0.310 e. The minimum atomic E-state index is -0.840. The number of carbonyl (C=O) groups is 1. The summed E-state index contributed by atoms with van der Waals surface area (Å²) in [5, 5.41) is 9.81. The Hall–Kier alpha value is -3.14. The molecule has 0 heterocycles. The van der Waals surface area contributed by atoms with Crippen molar-refractivity contribution in [3.8, 4) is 22.3 Å². The highest BCUT2D eigenvalue weighted by atomic mass is 19.1. The lowest BCUT2D eigenvalue weighted by molar-refractivity contribution is -0.139. The van der Waals surface area contributed by atoms with Crippen LogP contribution in [-0.2, 0) is 4.79 Å². The molecule has 0 aromatic heterocycles. The Morgan fingerprint density at radius 2 is 1.39 bits per heavy atom. The summed E-state index contributed by atoms with van der Waals surface area (Å²) in [5.74, 6) is -1.50. The zero-order valence-electron chi connectivity index (χ0n) is 16.0. The number of nitrogen functional groups attached to an aromatic ring is 1. The molecule has 0 saturated heterocycles. The van der Waals surface area contributed by atoms with Crippen LogP contribution in [0.15, 0.2) is 66.7 Å². The van der Waals surface area contributed by atoms with E-state index in [2.05, 4.69) is 0 Å². The van der Waals surface area contributed by atoms with E-state index in [0.29, 0.717) is 12.1 Å². The molecule has 1 atom stereocenters. The number of anilines is 1. The van der Waals surface area contributed by atoms with Gasteiger partial charge >= 0.3 is 5.97 Å². The second kappa shape index (κ2) is 8.26. The van der Waals surface area contributed by atoms with Crippen LogP contribution in [0.1, 0.15) is 31.7 Å². The van der Waals surface area contributed by atoms with E-state index in [-0.39, 0.29) is 11.7 Å². The second-order valence-electron chi connectivity index (χ2n) is 7.49. The van der Waals surface area contributed by atoms with Crippen molar-refractivity contribution in [3.05, 3.63) is 78.1 Å². The number of carboxylic acid groups (broad SMARTS) is 1. The minimum absolute atomic E-state index is 0.246. The van der Waals surface area contributed by atoms with Gasteiger partial charge in [0.15, 0.2) is 0 Å². The molecule has 4 heteroatoms. The maximum absolute atomic E-state index is 13.4. The molecule has 28 heavy (non-hydrogen) atoms. The van der Waals surface area contributed by atoms with E-state index < -0.39 is 11.9 Å². The van der Waals surface area contributed by atoms with Gasteiger partial charge in [0.25, 0.3) is 0 Å². The largest absolute Gasteiger partial charge is 0.481 e. The van der Waals surface area contributed by atoms with Crippen LogP contribution in [0, 0.1) is 11.7 Å². The molecular formula is C24H24FNO2. The van der Waals surface area contributed by atoms with Gasteiger partial charge in [-0.1, -0.05) is 50.2 Å². The summed E-state index contributed by atoms with van der Waals surface area (Å²) in [7, 11) is 0. The third kappa shape index (κ3) is 4.58. The smallest absolute Gasteiger partial charge is 0.310 e. The van der Waals surface area contributed by atoms with E-state index in [1.165, 1.54) is 12.1 Å². The van der Waals surface area contributed by atoms with Crippen molar-refractivity contribution in [1.82, 2.24) is 0 Å². The maximum atomic E-state index is 13.4. The Morgan fingerprint density at radius 3 is 1.86 bits per heavy atom. The van der Waals surface area contributed by atoms with Crippen molar-refractivity contribution >= 4 is 11.7 Å². The Kier molecular flexibility index (Phi) is 5.78. The third-order valence-corrected chi connectivity index (χ3v) is 4.78. The zero-order valence-corrected chi connectivity index (χ0v) is 16.0. The van der Waals surface area contributed by atoms with Crippen LogP contribution in [0.2, 0.25) is 0 Å². The standard InChI is InChI=1S/C24H24FNO2/c1-15(2)11-23(24(27)28)20-13-18(16-3-7-21(25)8-4-16)12-19(14-20)17-5-9-22(26)10-6-17/h3-10,12-15,23H,11,26H2,1-2H3,(H,27,28). The molecule has 0 amide bonds. The summed E-state index contributed by atoms with van der Waals surface area (Å²) < 4.78 is 13.4. The van der Waals surface area contributed by atoms with E-state index in [1.807, 2.05) is 56.3 Å². The highest BCUT2D eigenvalue weighted by Gasteiger charge is 2.22. The van der Waals surface area contributed by atoms with E-state index >= 15 is 0 Å². The quantitative estimate of drug-likeness (QED) is 0.521. The Balaban J connectivity index is 2.16. The monoisotopic (exact) mass is 377 g/mol. The van der Waals surface area contributed by atoms with Gasteiger partial charge < -0.3 is 10.8 Å². The second-order valence-corrected chi connectivity index (χ2v) is 7.49. The lowest BCUT2D eigenvalue weighted by atomic mass is 9.86. The first kappa shape index (κ1) is 19.6. The number of rotatable bonds is 6. The fraction of sp³-hybridized carbons (Fsp3) is 0.208. The summed E-state index contributed by atoms with van der Waals surface area (Å²) in [6.45, 7) is 4.03. The molecule has 0 aliphatic heterocycles. The molecule has 0 aliphatic carbocycles. The summed E-state index contributed by atoms with van der Waals surface area (Å²) in [6, 6.07) is 19.5. The van der Waals surface area contributed by atoms with Gasteiger partial charge in [0.05, 0.1) is 5.92 Å². The van der Waals surface area contributed by atoms with Gasteiger partial charge in [-0.3, -0.25) is 4.79 Å². The van der Waals surface area contributed by atoms with Gasteiger partial charge in [-0.15, -0.1) is 0 Å². The van der Waals surface area contributed by atoms with E-state index in [4.69, 9.17) is 5.73 Å². The normalized spacial score (nSPS) is 12.1. The molecule has 3 aromatic carbocycles. The van der Waals surface area contributed by atoms with Crippen molar-refractivity contribution in [1.29, 1.82) is 0 Å². The Bertz CT molecular complexity index is 899. The number of nitrogens with two attached hydrogens (primary N) is 1. The van der Waals surface area contributed by atoms with Crippen molar-refractivity contribution in [3.63, 3.8) is 0 Å². The number of aliphatic carboxylic acids is 1. The van der Waals surface area contributed by atoms with Crippen molar-refractivity contribution in [2.24, 2.45) is 5.92 Å². The number of hydrogen-bond acceptors (Lipinski definition) is 2. The average Bonchev–Trinajstić information content (AvgIpc) is 2.66. The fourth-order valence-corrected chi connectivity index (χ4v) is 3.35. The number of hydrogen-bond donors (Lipinski definition) is 2. The topological polar surface area (TPSA) is 63.3 Å². The molecule has 0 saturated carbocycles. The molecule has 0 spiro atoms. The van der Waals surface area contributed by atoms with Crippen molar-refractivity contribution < 1.29 is 14.3 Å². The molecule has 3 rings (SSSR count). The van der Waals surface area contributed by atoms with Gasteiger partial charge in [-0.2, -0.15) is 0 Å². The van der Waals surface area contributed by atoms with Gasteiger partial charge in [-0.25, -0.2) is 4.39 Å². The first-order chi connectivity index (χ1) is 13.3. The summed E-state index contributed by atoms with van der Waals surface area (Å²) >= 11 is 0. The molecule has 0 fully saturated rings. The van der Waals surface area contributed by atoms with E-state index in [1.54, 1.807) is 12.1 Å². The Labute approximate surface area is 164 Å². The first-order valence-corrected chi connectivity index (χ1v) is 9.33. The van der Waals surface area contributed by atoms with Gasteiger partial charge in [-0.05, 0) is 70.5 Å². The molecule has 144 valence electrons. The van der Waals surface area contributed by atoms with Gasteiger partial charge in [0.1, 0.15) is 5.82 Å². The summed E-state index contributed by atoms with van der Waals surface area (Å²) in [6.07, 6.45) is 0.545. The van der Waals surface area contributed by atoms with E-state index in [9.17, 15) is 14.3 Å². The average molecular weight is 377 g/mol.